The molecule has 4 rings (SSSR count). The molecular formula is C30H29N5O3. The molecule has 0 radical (unpaired) electrons. The molecule has 0 saturated heterocycles. The van der Waals surface area contributed by atoms with E-state index in [1.54, 1.807) is 37.6 Å². The van der Waals surface area contributed by atoms with E-state index in [2.05, 4.69) is 40.5 Å². The number of carbonyl (C=O) groups excluding carboxylic acids is 1. The van der Waals surface area contributed by atoms with Gasteiger partial charge in [0.2, 0.25) is 17.7 Å². The number of benzene rings is 3. The average molecular weight is 508 g/mol. The molecule has 0 spiro atoms. The Morgan fingerprint density at radius 2 is 1.63 bits per heavy atom. The van der Waals surface area contributed by atoms with Crippen molar-refractivity contribution in [2.45, 2.75) is 13.3 Å². The highest BCUT2D eigenvalue weighted by Crippen LogP contribution is 2.32. The fourth-order valence-electron chi connectivity index (χ4n) is 3.57. The van der Waals surface area contributed by atoms with E-state index in [4.69, 9.17) is 14.5 Å². The molecule has 0 atom stereocenters. The van der Waals surface area contributed by atoms with Crippen LogP contribution in [0.2, 0.25) is 0 Å². The molecule has 1 heterocycles. The molecule has 1 amide bonds. The van der Waals surface area contributed by atoms with E-state index in [-0.39, 0.29) is 5.91 Å². The van der Waals surface area contributed by atoms with Crippen molar-refractivity contribution in [2.75, 3.05) is 23.1 Å². The normalized spacial score (nSPS) is 10.8. The van der Waals surface area contributed by atoms with Gasteiger partial charge in [-0.15, -0.1) is 0 Å². The third-order valence-corrected chi connectivity index (χ3v) is 5.33. The van der Waals surface area contributed by atoms with Crippen LogP contribution < -0.4 is 25.4 Å². The number of ether oxygens (including phenoxy) is 2. The van der Waals surface area contributed by atoms with Crippen LogP contribution in [0, 0.1) is 0 Å². The summed E-state index contributed by atoms with van der Waals surface area (Å²) in [5.74, 6) is 1.58. The second-order valence-electron chi connectivity index (χ2n) is 8.11. The van der Waals surface area contributed by atoms with Crippen molar-refractivity contribution in [3.05, 3.63) is 109 Å². The zero-order valence-corrected chi connectivity index (χ0v) is 21.3. The van der Waals surface area contributed by atoms with E-state index in [1.807, 2.05) is 54.6 Å². The number of para-hydroxylation sites is 1. The van der Waals surface area contributed by atoms with Crippen molar-refractivity contribution < 1.29 is 14.3 Å². The number of methoxy groups -OCH3 is 1. The van der Waals surface area contributed by atoms with Gasteiger partial charge in [0.1, 0.15) is 11.5 Å². The minimum Gasteiger partial charge on any atom is -0.497 e. The molecule has 0 aliphatic rings. The van der Waals surface area contributed by atoms with Crippen molar-refractivity contribution in [3.63, 3.8) is 0 Å². The second-order valence-corrected chi connectivity index (χ2v) is 8.11. The molecular weight excluding hydrogens is 478 g/mol. The van der Waals surface area contributed by atoms with E-state index in [0.717, 1.165) is 23.5 Å². The van der Waals surface area contributed by atoms with Gasteiger partial charge in [-0.1, -0.05) is 49.9 Å². The Morgan fingerprint density at radius 1 is 0.921 bits per heavy atom. The van der Waals surface area contributed by atoms with Crippen LogP contribution in [0.15, 0.2) is 104 Å². The first-order valence-corrected chi connectivity index (χ1v) is 12.1. The second kappa shape index (κ2) is 12.7. The fraction of sp³-hybridized carbons (Fsp3) is 0.100. The van der Waals surface area contributed by atoms with E-state index in [0.29, 0.717) is 34.6 Å². The number of hydrogen-bond donors (Lipinski definition) is 3. The van der Waals surface area contributed by atoms with Crippen LogP contribution in [-0.2, 0) is 4.79 Å². The van der Waals surface area contributed by atoms with Gasteiger partial charge in [0.15, 0.2) is 0 Å². The molecule has 8 heteroatoms. The number of allylic oxidation sites excluding steroid dienone is 1. The first kappa shape index (κ1) is 26.0. The van der Waals surface area contributed by atoms with Crippen molar-refractivity contribution in [1.82, 2.24) is 9.97 Å². The van der Waals surface area contributed by atoms with E-state index in [9.17, 15) is 4.79 Å². The molecule has 8 nitrogen and oxygen atoms in total. The SMILES string of the molecule is C=CC(=O)Nc1cccc(Oc2nc(Nc3cccc(OC)c3)ncc2/C(=C/CC)Nc2ccccc2)c1. The molecule has 192 valence electrons. The Labute approximate surface area is 222 Å². The summed E-state index contributed by atoms with van der Waals surface area (Å²) in [6, 6.07) is 24.4. The molecule has 1 aromatic heterocycles. The molecule has 0 aliphatic carbocycles. The molecule has 0 saturated carbocycles. The minimum atomic E-state index is -0.310. The number of anilines is 4. The lowest BCUT2D eigenvalue weighted by atomic mass is 10.2. The molecule has 0 fully saturated rings. The summed E-state index contributed by atoms with van der Waals surface area (Å²) in [5, 5.41) is 9.40. The lowest BCUT2D eigenvalue weighted by molar-refractivity contribution is -0.111. The van der Waals surface area contributed by atoms with Crippen LogP contribution in [0.4, 0.5) is 23.0 Å². The number of aromatic nitrogens is 2. The Kier molecular flexibility index (Phi) is 8.70. The highest BCUT2D eigenvalue weighted by molar-refractivity contribution is 5.99. The van der Waals surface area contributed by atoms with Crippen molar-refractivity contribution in [2.24, 2.45) is 0 Å². The van der Waals surface area contributed by atoms with Crippen LogP contribution in [0.1, 0.15) is 18.9 Å². The molecule has 3 N–H and O–H groups in total. The zero-order chi connectivity index (χ0) is 26.7. The number of rotatable bonds is 11. The molecule has 0 unspecified atom stereocenters. The molecule has 4 aromatic rings. The van der Waals surface area contributed by atoms with Gasteiger partial charge >= 0.3 is 0 Å². The summed E-state index contributed by atoms with van der Waals surface area (Å²) < 4.78 is 11.6. The predicted octanol–water partition coefficient (Wildman–Crippen LogP) is 7.01. The maximum absolute atomic E-state index is 11.8. The number of nitrogens with zero attached hydrogens (tertiary/aromatic N) is 2. The molecule has 3 aromatic carbocycles. The number of amides is 1. The quantitative estimate of drug-likeness (QED) is 0.188. The minimum absolute atomic E-state index is 0.310. The summed E-state index contributed by atoms with van der Waals surface area (Å²) in [5.41, 5.74) is 3.74. The Morgan fingerprint density at radius 3 is 2.37 bits per heavy atom. The lowest BCUT2D eigenvalue weighted by Gasteiger charge is -2.16. The fourth-order valence-corrected chi connectivity index (χ4v) is 3.57. The highest BCUT2D eigenvalue weighted by atomic mass is 16.5. The Hall–Kier alpha value is -5.11. The van der Waals surface area contributed by atoms with Crippen LogP contribution in [-0.4, -0.2) is 23.0 Å². The number of hydrogen-bond acceptors (Lipinski definition) is 7. The van der Waals surface area contributed by atoms with Gasteiger partial charge in [0.05, 0.1) is 12.7 Å². The van der Waals surface area contributed by atoms with E-state index >= 15 is 0 Å². The Bertz CT molecular complexity index is 1440. The summed E-state index contributed by atoms with van der Waals surface area (Å²) in [4.78, 5) is 21.0. The van der Waals surface area contributed by atoms with Crippen LogP contribution in [0.3, 0.4) is 0 Å². The summed E-state index contributed by atoms with van der Waals surface area (Å²) in [7, 11) is 1.61. The smallest absolute Gasteiger partial charge is 0.247 e. The maximum Gasteiger partial charge on any atom is 0.247 e. The monoisotopic (exact) mass is 507 g/mol. The standard InChI is InChI=1S/C30H29N5O3/c1-4-11-27(32-21-12-7-6-8-13-21)26-20-31-30(34-23-15-9-16-24(18-23)37-3)35-29(26)38-25-17-10-14-22(19-25)33-28(36)5-2/h5-20,32H,2,4H2,1,3H3,(H,33,36)(H,31,34,35)/b27-11-. The van der Waals surface area contributed by atoms with Crippen LogP contribution in [0.5, 0.6) is 17.4 Å². The third-order valence-electron chi connectivity index (χ3n) is 5.33. The van der Waals surface area contributed by atoms with Gasteiger partial charge in [-0.05, 0) is 48.9 Å². The Balaban J connectivity index is 1.71. The van der Waals surface area contributed by atoms with Crippen LogP contribution >= 0.6 is 0 Å². The first-order chi connectivity index (χ1) is 18.6. The lowest BCUT2D eigenvalue weighted by Crippen LogP contribution is -2.08. The van der Waals surface area contributed by atoms with Gasteiger partial charge in [-0.3, -0.25) is 4.79 Å². The summed E-state index contributed by atoms with van der Waals surface area (Å²) in [6.07, 6.45) is 5.76. The highest BCUT2D eigenvalue weighted by Gasteiger charge is 2.15. The maximum atomic E-state index is 11.8. The zero-order valence-electron chi connectivity index (χ0n) is 21.3. The number of nitrogens with one attached hydrogen (secondary N) is 3. The van der Waals surface area contributed by atoms with Gasteiger partial charge in [-0.25, -0.2) is 4.98 Å². The molecule has 38 heavy (non-hydrogen) atoms. The summed E-state index contributed by atoms with van der Waals surface area (Å²) in [6.45, 7) is 5.55. The topological polar surface area (TPSA) is 97.4 Å². The van der Waals surface area contributed by atoms with Crippen molar-refractivity contribution >= 4 is 34.6 Å². The van der Waals surface area contributed by atoms with E-state index < -0.39 is 0 Å². The van der Waals surface area contributed by atoms with Gasteiger partial charge in [0, 0.05) is 41.1 Å². The third kappa shape index (κ3) is 6.98. The van der Waals surface area contributed by atoms with Gasteiger partial charge < -0.3 is 25.4 Å². The summed E-state index contributed by atoms with van der Waals surface area (Å²) >= 11 is 0. The molecule has 0 aliphatic heterocycles. The molecule has 0 bridgehead atoms. The van der Waals surface area contributed by atoms with Gasteiger partial charge in [-0.2, -0.15) is 4.98 Å². The first-order valence-electron chi connectivity index (χ1n) is 12.1. The average Bonchev–Trinajstić information content (AvgIpc) is 2.94. The van der Waals surface area contributed by atoms with Crippen molar-refractivity contribution in [3.8, 4) is 17.4 Å². The van der Waals surface area contributed by atoms with Crippen molar-refractivity contribution in [1.29, 1.82) is 0 Å². The van der Waals surface area contributed by atoms with Crippen LogP contribution in [0.25, 0.3) is 5.70 Å². The number of carbonyl (C=O) groups is 1. The van der Waals surface area contributed by atoms with E-state index in [1.165, 1.54) is 6.08 Å². The van der Waals surface area contributed by atoms with Gasteiger partial charge in [0.25, 0.3) is 0 Å². The largest absolute Gasteiger partial charge is 0.497 e. The predicted molar refractivity (Wildman–Crippen MR) is 152 cm³/mol.